The summed E-state index contributed by atoms with van der Waals surface area (Å²) >= 11 is 0. The number of nitrogens with zero attached hydrogens (tertiary/aromatic N) is 3. The molecule has 3 aromatic heterocycles. The molecule has 288 valence electrons. The van der Waals surface area contributed by atoms with Crippen molar-refractivity contribution in [3.8, 4) is 34.3 Å². The Balaban J connectivity index is 0.000000417. The lowest BCUT2D eigenvalue weighted by Gasteiger charge is -2.19. The number of methoxy groups -OCH3 is 1. The van der Waals surface area contributed by atoms with E-state index in [9.17, 15) is 22.7 Å². The Kier molecular flexibility index (Phi) is 11.3. The van der Waals surface area contributed by atoms with Crippen molar-refractivity contribution in [3.63, 3.8) is 0 Å². The van der Waals surface area contributed by atoms with E-state index in [1.54, 1.807) is 56.4 Å². The average Bonchev–Trinajstić information content (AvgIpc) is 3.15. The summed E-state index contributed by atoms with van der Waals surface area (Å²) in [4.78, 5) is 29.3. The van der Waals surface area contributed by atoms with Gasteiger partial charge in [0.05, 0.1) is 39.4 Å². The zero-order valence-electron chi connectivity index (χ0n) is 30.4. The third kappa shape index (κ3) is 9.23. The summed E-state index contributed by atoms with van der Waals surface area (Å²) in [6.45, 7) is 5.10. The fourth-order valence-corrected chi connectivity index (χ4v) is 5.84. The first-order valence-corrected chi connectivity index (χ1v) is 18.3. The number of H-pyrrole nitrogens is 1. The lowest BCUT2D eigenvalue weighted by Crippen LogP contribution is -2.28. The minimum Gasteiger partial charge on any atom is -0.493 e. The lowest BCUT2D eigenvalue weighted by molar-refractivity contribution is 0.0276. The second-order valence-electron chi connectivity index (χ2n) is 13.1. The summed E-state index contributed by atoms with van der Waals surface area (Å²) in [6.07, 6.45) is 4.35. The van der Waals surface area contributed by atoms with Gasteiger partial charge in [0.25, 0.3) is 10.1 Å². The van der Waals surface area contributed by atoms with Crippen LogP contribution in [0.3, 0.4) is 0 Å². The highest BCUT2D eigenvalue weighted by molar-refractivity contribution is 7.85. The molecule has 13 nitrogen and oxygen atoms in total. The number of hydrogen-bond acceptors (Lipinski definition) is 11. The van der Waals surface area contributed by atoms with Gasteiger partial charge in [0.2, 0.25) is 11.3 Å². The van der Waals surface area contributed by atoms with Crippen LogP contribution in [-0.2, 0) is 10.1 Å². The van der Waals surface area contributed by atoms with E-state index in [4.69, 9.17) is 18.8 Å². The third-order valence-corrected chi connectivity index (χ3v) is 9.00. The Bertz CT molecular complexity index is 2710. The number of nitrogens with one attached hydrogen (secondary N) is 2. The lowest BCUT2D eigenvalue weighted by atomic mass is 10.0. The Morgan fingerprint density at radius 1 is 0.893 bits per heavy atom. The molecule has 0 saturated heterocycles. The molecule has 0 saturated carbocycles. The number of rotatable bonds is 10. The van der Waals surface area contributed by atoms with Crippen molar-refractivity contribution in [1.82, 2.24) is 19.9 Å². The molecule has 4 N–H and O–H groups in total. The molecule has 16 heteroatoms. The zero-order chi connectivity index (χ0) is 40.2. The molecule has 4 aromatic carbocycles. The number of anilines is 2. The number of aromatic amines is 1. The fourth-order valence-electron chi connectivity index (χ4n) is 5.36. The van der Waals surface area contributed by atoms with Gasteiger partial charge >= 0.3 is 0 Å². The van der Waals surface area contributed by atoms with Crippen molar-refractivity contribution < 1.29 is 41.1 Å². The molecule has 0 fully saturated rings. The molecule has 56 heavy (non-hydrogen) atoms. The van der Waals surface area contributed by atoms with Gasteiger partial charge in [0, 0.05) is 35.8 Å². The maximum atomic E-state index is 15.4. The second kappa shape index (κ2) is 16.1. The van der Waals surface area contributed by atoms with E-state index in [1.165, 1.54) is 68.2 Å². The predicted octanol–water partition coefficient (Wildman–Crippen LogP) is 7.75. The fraction of sp³-hybridized carbons (Fsp3) is 0.150. The molecule has 0 bridgehead atoms. The maximum Gasteiger partial charge on any atom is 0.294 e. The molecule has 0 aliphatic rings. The monoisotopic (exact) mass is 783 g/mol. The minimum atomic E-state index is -4.02. The molecule has 0 aliphatic carbocycles. The molecular weight excluding hydrogens is 749 g/mol. The van der Waals surface area contributed by atoms with Crippen molar-refractivity contribution in [2.24, 2.45) is 0 Å². The van der Waals surface area contributed by atoms with E-state index >= 15 is 4.39 Å². The molecule has 0 amide bonds. The van der Waals surface area contributed by atoms with E-state index in [0.29, 0.717) is 44.7 Å². The number of halogens is 2. The Labute approximate surface area is 319 Å². The summed E-state index contributed by atoms with van der Waals surface area (Å²) in [6, 6.07) is 20.7. The van der Waals surface area contributed by atoms with Gasteiger partial charge < -0.3 is 29.6 Å². The van der Waals surface area contributed by atoms with Crippen LogP contribution >= 0.6 is 0 Å². The van der Waals surface area contributed by atoms with Crippen molar-refractivity contribution in [3.05, 3.63) is 131 Å². The molecule has 0 radical (unpaired) electrons. The summed E-state index contributed by atoms with van der Waals surface area (Å²) < 4.78 is 75.4. The summed E-state index contributed by atoms with van der Waals surface area (Å²) in [5, 5.41) is 13.8. The van der Waals surface area contributed by atoms with Crippen LogP contribution in [0.4, 0.5) is 20.3 Å². The van der Waals surface area contributed by atoms with E-state index < -0.39 is 27.4 Å². The molecule has 0 unspecified atom stereocenters. The SMILES string of the molecule is COc1cc2c(Oc3ccc(Nc4nccc5[nH]cc(-c6ccc(F)cc6)c(=O)c45)cc3F)ncnc2cc1OCC(C)(C)O.Cc1ccc(S(=O)(=O)O)cc1. The van der Waals surface area contributed by atoms with Crippen LogP contribution in [0.2, 0.25) is 0 Å². The van der Waals surface area contributed by atoms with Gasteiger partial charge in [-0.2, -0.15) is 8.42 Å². The standard InChI is InChI=1S/C33H27F2N5O5.C7H8O3S/c1-33(2,42)16-44-28-14-25-21(13-27(28)43-3)32(39-17-38-25)45-26-9-8-20(12-23(26)35)40-31-29-24(10-11-36-31)37-15-22(30(29)41)18-4-6-19(34)7-5-18;1-6-2-4-7(5-3-6)11(8,9)10/h4-15,17,42H,16H2,1-3H3,(H,36,40)(H,37,41);2-5H,1H3,(H,8,9,10). The molecule has 3 heterocycles. The van der Waals surface area contributed by atoms with Crippen LogP contribution in [0.25, 0.3) is 32.9 Å². The second-order valence-corrected chi connectivity index (χ2v) is 14.5. The van der Waals surface area contributed by atoms with E-state index in [1.807, 2.05) is 6.92 Å². The number of fused-ring (bicyclic) bond motifs is 2. The molecule has 0 atom stereocenters. The number of ether oxygens (including phenoxy) is 3. The van der Waals surface area contributed by atoms with Gasteiger partial charge in [-0.05, 0) is 74.9 Å². The van der Waals surface area contributed by atoms with E-state index in [2.05, 4.69) is 25.3 Å². The molecule has 0 spiro atoms. The normalized spacial score (nSPS) is 11.5. The first-order valence-electron chi connectivity index (χ1n) is 16.8. The minimum absolute atomic E-state index is 0.0208. The summed E-state index contributed by atoms with van der Waals surface area (Å²) in [7, 11) is -2.55. The van der Waals surface area contributed by atoms with Crippen molar-refractivity contribution >= 4 is 43.4 Å². The number of pyridine rings is 2. The first kappa shape index (κ1) is 39.2. The number of benzene rings is 4. The number of aliphatic hydroxyl groups is 1. The van der Waals surface area contributed by atoms with Crippen molar-refractivity contribution in [2.75, 3.05) is 19.0 Å². The van der Waals surface area contributed by atoms with Crippen LogP contribution in [0.1, 0.15) is 19.4 Å². The zero-order valence-corrected chi connectivity index (χ0v) is 31.2. The predicted molar refractivity (Wildman–Crippen MR) is 206 cm³/mol. The average molecular weight is 784 g/mol. The summed E-state index contributed by atoms with van der Waals surface area (Å²) in [5.41, 5.74) is 1.72. The van der Waals surface area contributed by atoms with Crippen LogP contribution in [0, 0.1) is 18.6 Å². The van der Waals surface area contributed by atoms with E-state index in [-0.39, 0.29) is 39.8 Å². The number of aryl methyl sites for hydroxylation is 1. The Hall–Kier alpha value is -6.49. The highest BCUT2D eigenvalue weighted by Crippen LogP contribution is 2.37. The molecular formula is C40H35F2N5O8S. The molecule has 0 aliphatic heterocycles. The Morgan fingerprint density at radius 3 is 2.29 bits per heavy atom. The van der Waals surface area contributed by atoms with Crippen molar-refractivity contribution in [1.29, 1.82) is 0 Å². The van der Waals surface area contributed by atoms with Crippen LogP contribution in [0.5, 0.6) is 23.1 Å². The van der Waals surface area contributed by atoms with E-state index in [0.717, 1.165) is 5.56 Å². The van der Waals surface area contributed by atoms with Gasteiger partial charge in [0.1, 0.15) is 24.6 Å². The molecule has 7 aromatic rings. The number of aromatic nitrogens is 4. The van der Waals surface area contributed by atoms with Crippen molar-refractivity contribution in [2.45, 2.75) is 31.3 Å². The highest BCUT2D eigenvalue weighted by atomic mass is 32.2. The van der Waals surface area contributed by atoms with Gasteiger partial charge in [-0.15, -0.1) is 0 Å². The van der Waals surface area contributed by atoms with Gasteiger partial charge in [-0.25, -0.2) is 23.7 Å². The highest BCUT2D eigenvalue weighted by Gasteiger charge is 2.19. The van der Waals surface area contributed by atoms with Crippen LogP contribution in [0.15, 0.2) is 113 Å². The maximum absolute atomic E-state index is 15.4. The Morgan fingerprint density at radius 2 is 1.62 bits per heavy atom. The smallest absolute Gasteiger partial charge is 0.294 e. The van der Waals surface area contributed by atoms with Gasteiger partial charge in [-0.3, -0.25) is 9.35 Å². The summed E-state index contributed by atoms with van der Waals surface area (Å²) in [5.74, 6) is -0.209. The third-order valence-electron chi connectivity index (χ3n) is 8.14. The quantitative estimate of drug-likeness (QED) is 0.0991. The molecule has 7 rings (SSSR count). The van der Waals surface area contributed by atoms with Crippen LogP contribution < -0.4 is 25.0 Å². The topological polar surface area (TPSA) is 186 Å². The first-order chi connectivity index (χ1) is 26.6. The number of hydrogen-bond donors (Lipinski definition) is 4. The van der Waals surface area contributed by atoms with Crippen LogP contribution in [-0.4, -0.2) is 57.3 Å². The van der Waals surface area contributed by atoms with Gasteiger partial charge in [0.15, 0.2) is 23.1 Å². The van der Waals surface area contributed by atoms with Gasteiger partial charge in [-0.1, -0.05) is 29.8 Å². The largest absolute Gasteiger partial charge is 0.493 e.